The van der Waals surface area contributed by atoms with Crippen molar-refractivity contribution in [1.82, 2.24) is 5.32 Å². The van der Waals surface area contributed by atoms with E-state index in [0.717, 1.165) is 17.9 Å². The van der Waals surface area contributed by atoms with Crippen molar-refractivity contribution in [3.05, 3.63) is 29.8 Å². The van der Waals surface area contributed by atoms with E-state index in [-0.39, 0.29) is 23.1 Å². The van der Waals surface area contributed by atoms with Crippen molar-refractivity contribution in [2.45, 2.75) is 44.6 Å². The minimum absolute atomic E-state index is 0.127. The van der Waals surface area contributed by atoms with E-state index in [1.807, 2.05) is 38.1 Å². The van der Waals surface area contributed by atoms with E-state index in [0.29, 0.717) is 6.42 Å². The summed E-state index contributed by atoms with van der Waals surface area (Å²) in [5.74, 6) is 0.979. The van der Waals surface area contributed by atoms with Gasteiger partial charge in [-0.05, 0) is 51.4 Å². The Balaban J connectivity index is 2.14. The van der Waals surface area contributed by atoms with E-state index >= 15 is 0 Å². The molecule has 2 rings (SSSR count). The molecule has 20 heavy (non-hydrogen) atoms. The van der Waals surface area contributed by atoms with Crippen LogP contribution in [0.1, 0.15) is 38.8 Å². The Morgan fingerprint density at radius 3 is 2.50 bits per heavy atom. The SMILES string of the molecule is CC(C)Oc1ccc(C2CS(=O)(=O)C(C)CCN2)cc1. The topological polar surface area (TPSA) is 55.4 Å². The number of hydrogen-bond donors (Lipinski definition) is 1. The standard InChI is InChI=1S/C15H23NO3S/c1-11(2)19-14-6-4-13(5-7-14)15-10-20(17,18)12(3)8-9-16-15/h4-7,11-12,15-16H,8-10H2,1-3H3. The molecular formula is C15H23NO3S. The van der Waals surface area contributed by atoms with Crippen molar-refractivity contribution in [2.24, 2.45) is 0 Å². The van der Waals surface area contributed by atoms with Crippen LogP contribution in [0.4, 0.5) is 0 Å². The first-order valence-electron chi connectivity index (χ1n) is 7.10. The number of rotatable bonds is 3. The third-order valence-corrected chi connectivity index (χ3v) is 5.87. The molecule has 112 valence electrons. The zero-order chi connectivity index (χ0) is 14.8. The van der Waals surface area contributed by atoms with Crippen LogP contribution in [0.3, 0.4) is 0 Å². The third-order valence-electron chi connectivity index (χ3n) is 3.61. The molecule has 0 aliphatic carbocycles. The van der Waals surface area contributed by atoms with E-state index in [2.05, 4.69) is 5.32 Å². The van der Waals surface area contributed by atoms with Gasteiger partial charge in [0.05, 0.1) is 17.1 Å². The summed E-state index contributed by atoms with van der Waals surface area (Å²) in [5.41, 5.74) is 0.999. The van der Waals surface area contributed by atoms with Crippen molar-refractivity contribution < 1.29 is 13.2 Å². The molecule has 1 N–H and O–H groups in total. The van der Waals surface area contributed by atoms with Gasteiger partial charge in [-0.25, -0.2) is 8.42 Å². The summed E-state index contributed by atoms with van der Waals surface area (Å²) >= 11 is 0. The fraction of sp³-hybridized carbons (Fsp3) is 0.600. The minimum atomic E-state index is -3.02. The van der Waals surface area contributed by atoms with Crippen LogP contribution in [-0.2, 0) is 9.84 Å². The minimum Gasteiger partial charge on any atom is -0.491 e. The molecule has 5 heteroatoms. The molecule has 0 spiro atoms. The Morgan fingerprint density at radius 2 is 1.90 bits per heavy atom. The van der Waals surface area contributed by atoms with Gasteiger partial charge in [0.2, 0.25) is 0 Å². The monoisotopic (exact) mass is 297 g/mol. The zero-order valence-corrected chi connectivity index (χ0v) is 13.1. The highest BCUT2D eigenvalue weighted by Gasteiger charge is 2.29. The molecule has 1 heterocycles. The first-order chi connectivity index (χ1) is 9.38. The van der Waals surface area contributed by atoms with Crippen LogP contribution in [0, 0.1) is 0 Å². The van der Waals surface area contributed by atoms with Gasteiger partial charge < -0.3 is 10.1 Å². The smallest absolute Gasteiger partial charge is 0.154 e. The molecule has 2 unspecified atom stereocenters. The molecule has 1 aromatic rings. The van der Waals surface area contributed by atoms with Crippen LogP contribution in [0.25, 0.3) is 0 Å². The zero-order valence-electron chi connectivity index (χ0n) is 12.3. The second kappa shape index (κ2) is 6.14. The van der Waals surface area contributed by atoms with Crippen molar-refractivity contribution in [1.29, 1.82) is 0 Å². The van der Waals surface area contributed by atoms with Gasteiger partial charge in [-0.2, -0.15) is 0 Å². The van der Waals surface area contributed by atoms with Gasteiger partial charge in [-0.1, -0.05) is 12.1 Å². The summed E-state index contributed by atoms with van der Waals surface area (Å²) in [5, 5.41) is 3.06. The van der Waals surface area contributed by atoms with Crippen molar-refractivity contribution in [3.63, 3.8) is 0 Å². The number of ether oxygens (including phenoxy) is 1. The maximum Gasteiger partial charge on any atom is 0.154 e. The predicted molar refractivity (Wildman–Crippen MR) is 80.8 cm³/mol. The van der Waals surface area contributed by atoms with Crippen LogP contribution in [0.15, 0.2) is 24.3 Å². The summed E-state index contributed by atoms with van der Waals surface area (Å²) in [7, 11) is -3.02. The van der Waals surface area contributed by atoms with Gasteiger partial charge in [0.15, 0.2) is 9.84 Å². The lowest BCUT2D eigenvalue weighted by Crippen LogP contribution is -2.26. The summed E-state index contributed by atoms with van der Waals surface area (Å²) in [6, 6.07) is 7.57. The number of nitrogens with one attached hydrogen (secondary N) is 1. The van der Waals surface area contributed by atoms with E-state index in [4.69, 9.17) is 4.74 Å². The third kappa shape index (κ3) is 3.73. The van der Waals surface area contributed by atoms with Crippen LogP contribution in [0.2, 0.25) is 0 Å². The molecule has 0 amide bonds. The molecule has 4 nitrogen and oxygen atoms in total. The van der Waals surface area contributed by atoms with E-state index in [9.17, 15) is 8.42 Å². The van der Waals surface area contributed by atoms with Crippen LogP contribution >= 0.6 is 0 Å². The molecular weight excluding hydrogens is 274 g/mol. The lowest BCUT2D eigenvalue weighted by molar-refractivity contribution is 0.242. The Bertz CT molecular complexity index is 537. The normalized spacial score (nSPS) is 26.2. The summed E-state index contributed by atoms with van der Waals surface area (Å²) in [6.45, 7) is 6.48. The predicted octanol–water partition coefficient (Wildman–Crippen LogP) is 2.31. The van der Waals surface area contributed by atoms with E-state index in [1.165, 1.54) is 0 Å². The fourth-order valence-electron chi connectivity index (χ4n) is 2.36. The van der Waals surface area contributed by atoms with E-state index in [1.54, 1.807) is 6.92 Å². The number of sulfone groups is 1. The van der Waals surface area contributed by atoms with Crippen LogP contribution in [-0.4, -0.2) is 32.1 Å². The maximum atomic E-state index is 12.1. The fourth-order valence-corrected chi connectivity index (χ4v) is 3.94. The summed E-state index contributed by atoms with van der Waals surface area (Å²) in [4.78, 5) is 0. The highest BCUT2D eigenvalue weighted by molar-refractivity contribution is 7.92. The second-order valence-electron chi connectivity index (χ2n) is 5.67. The first kappa shape index (κ1) is 15.3. The summed E-state index contributed by atoms with van der Waals surface area (Å²) < 4.78 is 29.9. The Morgan fingerprint density at radius 1 is 1.25 bits per heavy atom. The number of hydrogen-bond acceptors (Lipinski definition) is 4. The highest BCUT2D eigenvalue weighted by atomic mass is 32.2. The van der Waals surface area contributed by atoms with Gasteiger partial charge in [0, 0.05) is 6.04 Å². The molecule has 1 aliphatic rings. The lowest BCUT2D eigenvalue weighted by Gasteiger charge is -2.17. The molecule has 0 radical (unpaired) electrons. The van der Waals surface area contributed by atoms with Crippen LogP contribution in [0.5, 0.6) is 5.75 Å². The van der Waals surface area contributed by atoms with Gasteiger partial charge in [-0.3, -0.25) is 0 Å². The molecule has 0 aromatic heterocycles. The number of benzene rings is 1. The van der Waals surface area contributed by atoms with Gasteiger partial charge in [-0.15, -0.1) is 0 Å². The molecule has 1 saturated heterocycles. The quantitative estimate of drug-likeness (QED) is 0.930. The lowest BCUT2D eigenvalue weighted by atomic mass is 10.1. The van der Waals surface area contributed by atoms with Gasteiger partial charge in [0.1, 0.15) is 5.75 Å². The molecule has 2 atom stereocenters. The van der Waals surface area contributed by atoms with Crippen molar-refractivity contribution in [3.8, 4) is 5.75 Å². The Kier molecular flexibility index (Phi) is 4.70. The van der Waals surface area contributed by atoms with Gasteiger partial charge in [0.25, 0.3) is 0 Å². The van der Waals surface area contributed by atoms with Crippen LogP contribution < -0.4 is 10.1 Å². The second-order valence-corrected chi connectivity index (χ2v) is 8.13. The largest absolute Gasteiger partial charge is 0.491 e. The summed E-state index contributed by atoms with van der Waals surface area (Å²) in [6.07, 6.45) is 0.811. The van der Waals surface area contributed by atoms with Crippen molar-refractivity contribution >= 4 is 9.84 Å². The molecule has 0 saturated carbocycles. The maximum absolute atomic E-state index is 12.1. The van der Waals surface area contributed by atoms with Crippen molar-refractivity contribution in [2.75, 3.05) is 12.3 Å². The van der Waals surface area contributed by atoms with Gasteiger partial charge >= 0.3 is 0 Å². The Hall–Kier alpha value is -1.07. The molecule has 0 bridgehead atoms. The molecule has 1 aliphatic heterocycles. The highest BCUT2D eigenvalue weighted by Crippen LogP contribution is 2.24. The Labute approximate surface area is 121 Å². The van der Waals surface area contributed by atoms with E-state index < -0.39 is 9.84 Å². The first-order valence-corrected chi connectivity index (χ1v) is 8.81. The average molecular weight is 297 g/mol. The average Bonchev–Trinajstić information content (AvgIpc) is 2.49. The molecule has 1 fully saturated rings. The molecule has 1 aromatic carbocycles.